The molecule has 176 valence electrons. The number of hydrogen-bond acceptors (Lipinski definition) is 5. The van der Waals surface area contributed by atoms with Crippen molar-refractivity contribution < 1.29 is 9.53 Å². The first-order valence-electron chi connectivity index (χ1n) is 11.8. The summed E-state index contributed by atoms with van der Waals surface area (Å²) in [4.78, 5) is 32.1. The van der Waals surface area contributed by atoms with Gasteiger partial charge in [-0.25, -0.2) is 9.67 Å². The monoisotopic (exact) mass is 450 g/mol. The van der Waals surface area contributed by atoms with Crippen LogP contribution in [0.25, 0.3) is 11.0 Å². The summed E-state index contributed by atoms with van der Waals surface area (Å²) in [5, 5.41) is 0.655. The van der Waals surface area contributed by atoms with Gasteiger partial charge in [-0.05, 0) is 62.1 Å². The third-order valence-corrected chi connectivity index (χ3v) is 7.09. The number of piperidine rings is 1. The summed E-state index contributed by atoms with van der Waals surface area (Å²) in [7, 11) is 3.30. The van der Waals surface area contributed by atoms with Crippen LogP contribution in [0, 0.1) is 19.8 Å². The molecule has 1 aromatic carbocycles. The molecule has 1 fully saturated rings. The summed E-state index contributed by atoms with van der Waals surface area (Å²) in [5.41, 5.74) is 4.84. The number of hydrogen-bond donors (Lipinski definition) is 0. The molecule has 33 heavy (non-hydrogen) atoms. The number of nitrogens with zero attached hydrogens (tertiary/aromatic N) is 4. The highest BCUT2D eigenvalue weighted by molar-refractivity contribution is 5.80. The summed E-state index contributed by atoms with van der Waals surface area (Å²) in [5.74, 6) is 0.437. The van der Waals surface area contributed by atoms with Crippen LogP contribution in [-0.4, -0.2) is 45.4 Å². The molecule has 1 aliphatic heterocycles. The normalized spacial score (nSPS) is 15.3. The Bertz CT molecular complexity index is 1190. The first kappa shape index (κ1) is 23.2. The van der Waals surface area contributed by atoms with E-state index in [0.717, 1.165) is 49.2 Å². The number of aromatic nitrogens is 3. The summed E-state index contributed by atoms with van der Waals surface area (Å²) in [6, 6.07) is 10.7. The van der Waals surface area contributed by atoms with E-state index in [1.165, 1.54) is 12.7 Å². The molecule has 0 aliphatic carbocycles. The van der Waals surface area contributed by atoms with Gasteiger partial charge < -0.3 is 4.74 Å². The highest BCUT2D eigenvalue weighted by Crippen LogP contribution is 2.24. The van der Waals surface area contributed by atoms with Crippen LogP contribution < -0.4 is 5.56 Å². The van der Waals surface area contributed by atoms with Gasteiger partial charge in [0.25, 0.3) is 5.56 Å². The zero-order valence-electron chi connectivity index (χ0n) is 20.1. The molecule has 0 amide bonds. The fourth-order valence-electron chi connectivity index (χ4n) is 5.07. The van der Waals surface area contributed by atoms with Gasteiger partial charge in [0, 0.05) is 32.3 Å². The van der Waals surface area contributed by atoms with Gasteiger partial charge in [0.2, 0.25) is 0 Å². The SMILES string of the molecule is COC(=O)CCc1c(C)nc2c(c1C)c(=O)n(CN1CCC(Cc3ccccc3)CC1)n2C. The number of ether oxygens (including phenoxy) is 1. The molecule has 1 saturated heterocycles. The van der Waals surface area contributed by atoms with E-state index in [4.69, 9.17) is 9.72 Å². The molecule has 0 saturated carbocycles. The lowest BCUT2D eigenvalue weighted by molar-refractivity contribution is -0.140. The smallest absolute Gasteiger partial charge is 0.305 e. The number of aryl methyl sites for hydroxylation is 3. The van der Waals surface area contributed by atoms with Crippen LogP contribution >= 0.6 is 0 Å². The Labute approximate surface area is 195 Å². The number of methoxy groups -OCH3 is 1. The molecule has 0 atom stereocenters. The van der Waals surface area contributed by atoms with Crippen molar-refractivity contribution in [1.29, 1.82) is 0 Å². The van der Waals surface area contributed by atoms with Gasteiger partial charge in [-0.2, -0.15) is 0 Å². The van der Waals surface area contributed by atoms with Crippen molar-refractivity contribution in [3.63, 3.8) is 0 Å². The number of pyridine rings is 1. The Kier molecular flexibility index (Phi) is 6.98. The summed E-state index contributed by atoms with van der Waals surface area (Å²) in [6.07, 6.45) is 4.21. The zero-order chi connectivity index (χ0) is 23.5. The molecular formula is C26H34N4O3. The van der Waals surface area contributed by atoms with Gasteiger partial charge in [-0.15, -0.1) is 0 Å². The van der Waals surface area contributed by atoms with Gasteiger partial charge >= 0.3 is 5.97 Å². The standard InChI is InChI=1S/C26H34N4O3/c1-18-22(10-11-23(31)33-4)19(2)27-25-24(18)26(32)30(28(25)3)17-29-14-12-21(13-15-29)16-20-8-6-5-7-9-20/h5-9,21H,10-17H2,1-4H3. The number of carbonyl (C=O) groups is 1. The first-order valence-corrected chi connectivity index (χ1v) is 11.8. The van der Waals surface area contributed by atoms with Crippen LogP contribution in [0.5, 0.6) is 0 Å². The molecule has 0 N–H and O–H groups in total. The fraction of sp³-hybridized carbons (Fsp3) is 0.500. The lowest BCUT2D eigenvalue weighted by atomic mass is 9.90. The molecule has 0 bridgehead atoms. The van der Waals surface area contributed by atoms with Crippen molar-refractivity contribution in [2.75, 3.05) is 20.2 Å². The van der Waals surface area contributed by atoms with E-state index in [1.807, 2.05) is 25.6 Å². The predicted molar refractivity (Wildman–Crippen MR) is 129 cm³/mol. The second kappa shape index (κ2) is 9.91. The number of benzene rings is 1. The minimum atomic E-state index is -0.255. The highest BCUT2D eigenvalue weighted by atomic mass is 16.5. The maximum atomic E-state index is 13.4. The molecule has 0 unspecified atom stereocenters. The van der Waals surface area contributed by atoms with Crippen molar-refractivity contribution in [2.45, 2.75) is 52.6 Å². The van der Waals surface area contributed by atoms with Crippen LogP contribution in [0.15, 0.2) is 35.1 Å². The van der Waals surface area contributed by atoms with Crippen LogP contribution in [-0.2, 0) is 36.1 Å². The lowest BCUT2D eigenvalue weighted by Gasteiger charge is -2.32. The van der Waals surface area contributed by atoms with E-state index >= 15 is 0 Å². The molecule has 1 aliphatic rings. The maximum absolute atomic E-state index is 13.4. The van der Waals surface area contributed by atoms with Crippen LogP contribution in [0.1, 0.15) is 41.6 Å². The Hall–Kier alpha value is -2.93. The van der Waals surface area contributed by atoms with E-state index in [9.17, 15) is 9.59 Å². The van der Waals surface area contributed by atoms with Crippen LogP contribution in [0.3, 0.4) is 0 Å². The zero-order valence-corrected chi connectivity index (χ0v) is 20.1. The van der Waals surface area contributed by atoms with E-state index in [1.54, 1.807) is 4.68 Å². The fourth-order valence-corrected chi connectivity index (χ4v) is 5.07. The van der Waals surface area contributed by atoms with Gasteiger partial charge in [0.15, 0.2) is 5.65 Å². The third kappa shape index (κ3) is 4.88. The van der Waals surface area contributed by atoms with Crippen LogP contribution in [0.2, 0.25) is 0 Å². The maximum Gasteiger partial charge on any atom is 0.305 e. The van der Waals surface area contributed by atoms with Gasteiger partial charge in [-0.1, -0.05) is 30.3 Å². The van der Waals surface area contributed by atoms with Crippen molar-refractivity contribution >= 4 is 17.0 Å². The summed E-state index contributed by atoms with van der Waals surface area (Å²) >= 11 is 0. The molecule has 2 aromatic heterocycles. The Morgan fingerprint density at radius 1 is 1.15 bits per heavy atom. The average molecular weight is 451 g/mol. The predicted octanol–water partition coefficient (Wildman–Crippen LogP) is 3.37. The van der Waals surface area contributed by atoms with Gasteiger partial charge in [0.1, 0.15) is 0 Å². The average Bonchev–Trinajstić information content (AvgIpc) is 3.05. The number of esters is 1. The van der Waals surface area contributed by atoms with Crippen molar-refractivity contribution in [1.82, 2.24) is 19.2 Å². The minimum Gasteiger partial charge on any atom is -0.469 e. The molecule has 3 aromatic rings. The molecule has 7 nitrogen and oxygen atoms in total. The number of carbonyl (C=O) groups excluding carboxylic acids is 1. The Morgan fingerprint density at radius 3 is 2.52 bits per heavy atom. The molecule has 3 heterocycles. The van der Waals surface area contributed by atoms with E-state index in [-0.39, 0.29) is 17.9 Å². The molecule has 0 spiro atoms. The topological polar surface area (TPSA) is 69.4 Å². The summed E-state index contributed by atoms with van der Waals surface area (Å²) < 4.78 is 8.46. The largest absolute Gasteiger partial charge is 0.469 e. The molecule has 7 heteroatoms. The molecular weight excluding hydrogens is 416 g/mol. The lowest BCUT2D eigenvalue weighted by Crippen LogP contribution is -2.39. The van der Waals surface area contributed by atoms with Crippen molar-refractivity contribution in [3.05, 3.63) is 63.1 Å². The second-order valence-electron chi connectivity index (χ2n) is 9.20. The van der Waals surface area contributed by atoms with Crippen LogP contribution in [0.4, 0.5) is 0 Å². The molecule has 4 rings (SSSR count). The quantitative estimate of drug-likeness (QED) is 0.516. The Morgan fingerprint density at radius 2 is 1.85 bits per heavy atom. The van der Waals surface area contributed by atoms with E-state index < -0.39 is 0 Å². The Balaban J connectivity index is 1.50. The van der Waals surface area contributed by atoms with Gasteiger partial charge in [-0.3, -0.25) is 19.2 Å². The van der Waals surface area contributed by atoms with E-state index in [2.05, 4.69) is 35.2 Å². The van der Waals surface area contributed by atoms with Crippen molar-refractivity contribution in [3.8, 4) is 0 Å². The second-order valence-corrected chi connectivity index (χ2v) is 9.20. The highest BCUT2D eigenvalue weighted by Gasteiger charge is 2.23. The number of fused-ring (bicyclic) bond motifs is 1. The molecule has 0 radical (unpaired) electrons. The first-order chi connectivity index (χ1) is 15.9. The minimum absolute atomic E-state index is 0.0109. The number of likely N-dealkylation sites (tertiary alicyclic amines) is 1. The van der Waals surface area contributed by atoms with Crippen molar-refractivity contribution in [2.24, 2.45) is 13.0 Å². The van der Waals surface area contributed by atoms with Gasteiger partial charge in [0.05, 0.1) is 19.2 Å². The summed E-state index contributed by atoms with van der Waals surface area (Å²) in [6.45, 7) is 6.45. The third-order valence-electron chi connectivity index (χ3n) is 7.09. The number of rotatable bonds is 7. The van der Waals surface area contributed by atoms with E-state index in [0.29, 0.717) is 30.0 Å².